The Morgan fingerprint density at radius 3 is 2.33 bits per heavy atom. The molecule has 1 saturated heterocycles. The molecule has 0 saturated carbocycles. The lowest BCUT2D eigenvalue weighted by Gasteiger charge is -2.40. The Hall–Kier alpha value is -2.89. The van der Waals surface area contributed by atoms with Crippen LogP contribution in [0, 0.1) is 0 Å². The first-order valence-corrected chi connectivity index (χ1v) is 9.18. The van der Waals surface area contributed by atoms with Crippen molar-refractivity contribution in [2.75, 3.05) is 31.7 Å². The predicted octanol–water partition coefficient (Wildman–Crippen LogP) is 3.77. The molecule has 2 aromatic carbocycles. The van der Waals surface area contributed by atoms with Crippen molar-refractivity contribution in [1.82, 2.24) is 5.32 Å². The van der Waals surface area contributed by atoms with Crippen LogP contribution in [0.4, 0.5) is 10.5 Å². The van der Waals surface area contributed by atoms with Crippen molar-refractivity contribution in [2.45, 2.75) is 26.0 Å². The molecule has 27 heavy (non-hydrogen) atoms. The van der Waals surface area contributed by atoms with Gasteiger partial charge in [-0.2, -0.15) is 0 Å². The van der Waals surface area contributed by atoms with Crippen molar-refractivity contribution in [2.24, 2.45) is 0 Å². The lowest BCUT2D eigenvalue weighted by atomic mass is 10.1. The Balaban J connectivity index is 1.47. The first kappa shape index (κ1) is 18.9. The second-order valence-corrected chi connectivity index (χ2v) is 6.50. The van der Waals surface area contributed by atoms with Crippen LogP contribution in [0.5, 0.6) is 11.5 Å². The van der Waals surface area contributed by atoms with Gasteiger partial charge in [0, 0.05) is 5.69 Å². The van der Waals surface area contributed by atoms with Gasteiger partial charge in [0.15, 0.2) is 0 Å². The molecule has 0 spiro atoms. The van der Waals surface area contributed by atoms with Crippen molar-refractivity contribution >= 4 is 11.8 Å². The summed E-state index contributed by atoms with van der Waals surface area (Å²) in [5.41, 5.74) is 2.17. The molecule has 1 amide bonds. The molecule has 1 aliphatic heterocycles. The number of carbonyl (C=O) groups is 1. The van der Waals surface area contributed by atoms with E-state index in [0.717, 1.165) is 30.2 Å². The second-order valence-electron chi connectivity index (χ2n) is 6.50. The van der Waals surface area contributed by atoms with E-state index >= 15 is 0 Å². The minimum atomic E-state index is -0.438. The van der Waals surface area contributed by atoms with E-state index in [4.69, 9.17) is 9.47 Å². The molecule has 1 heterocycles. The molecule has 0 bridgehead atoms. The van der Waals surface area contributed by atoms with E-state index in [2.05, 4.69) is 27.1 Å². The summed E-state index contributed by atoms with van der Waals surface area (Å²) in [5, 5.41) is 2.75. The second kappa shape index (κ2) is 8.66. The topological polar surface area (TPSA) is 60.0 Å². The molecule has 3 rings (SSSR count). The van der Waals surface area contributed by atoms with Crippen molar-refractivity contribution in [1.29, 1.82) is 0 Å². The molecule has 1 N–H and O–H groups in total. The lowest BCUT2D eigenvalue weighted by molar-refractivity contribution is 0.167. The number of nitrogens with zero attached hydrogens (tertiary/aromatic N) is 1. The summed E-state index contributed by atoms with van der Waals surface area (Å²) < 4.78 is 16.1. The highest BCUT2D eigenvalue weighted by Gasteiger charge is 2.28. The highest BCUT2D eigenvalue weighted by Crippen LogP contribution is 2.26. The maximum Gasteiger partial charge on any atom is 0.407 e. The van der Waals surface area contributed by atoms with Gasteiger partial charge in [-0.15, -0.1) is 0 Å². The Morgan fingerprint density at radius 2 is 1.74 bits per heavy atom. The van der Waals surface area contributed by atoms with Crippen LogP contribution in [0.25, 0.3) is 0 Å². The third-order valence-electron chi connectivity index (χ3n) is 4.56. The number of carbonyl (C=O) groups excluding carboxylic acids is 1. The van der Waals surface area contributed by atoms with Gasteiger partial charge in [-0.25, -0.2) is 4.79 Å². The summed E-state index contributed by atoms with van der Waals surface area (Å²) in [6.45, 7) is 6.28. The fourth-order valence-electron chi connectivity index (χ4n) is 2.99. The Labute approximate surface area is 160 Å². The van der Waals surface area contributed by atoms with E-state index in [-0.39, 0.29) is 12.1 Å². The highest BCUT2D eigenvalue weighted by molar-refractivity contribution is 5.67. The predicted molar refractivity (Wildman–Crippen MR) is 105 cm³/mol. The molecule has 144 valence electrons. The molecule has 1 atom stereocenters. The molecule has 0 aromatic heterocycles. The fraction of sp³-hybridized carbons (Fsp3) is 0.381. The van der Waals surface area contributed by atoms with Crippen LogP contribution in [0.3, 0.4) is 0 Å². The molecular formula is C21H26N2O4. The lowest BCUT2D eigenvalue weighted by Crippen LogP contribution is -2.54. The van der Waals surface area contributed by atoms with Crippen LogP contribution in [0.15, 0.2) is 48.5 Å². The van der Waals surface area contributed by atoms with Crippen LogP contribution in [0.1, 0.15) is 25.5 Å². The molecule has 1 aliphatic rings. The maximum absolute atomic E-state index is 11.3. The number of alkyl carbamates (subject to hydrolysis) is 1. The monoisotopic (exact) mass is 370 g/mol. The number of nitrogens with one attached hydrogen (secondary N) is 1. The van der Waals surface area contributed by atoms with E-state index in [1.807, 2.05) is 50.2 Å². The third-order valence-corrected chi connectivity index (χ3v) is 4.56. The summed E-state index contributed by atoms with van der Waals surface area (Å²) >= 11 is 0. The Bertz CT molecular complexity index is 740. The van der Waals surface area contributed by atoms with Gasteiger partial charge in [0.2, 0.25) is 0 Å². The Morgan fingerprint density at radius 1 is 1.11 bits per heavy atom. The largest absolute Gasteiger partial charge is 0.494 e. The van der Waals surface area contributed by atoms with Crippen molar-refractivity contribution in [3.63, 3.8) is 0 Å². The van der Waals surface area contributed by atoms with Gasteiger partial charge in [-0.1, -0.05) is 12.1 Å². The zero-order valence-corrected chi connectivity index (χ0v) is 16.0. The SMILES string of the molecule is CCOc1ccc(N2CC(Oc3ccc([C@H](C)NC(=O)OC)cc3)C2)cc1. The maximum atomic E-state index is 11.3. The number of rotatable bonds is 7. The van der Waals surface area contributed by atoms with Gasteiger partial charge in [-0.05, 0) is 55.8 Å². The minimum absolute atomic E-state index is 0.120. The van der Waals surface area contributed by atoms with Crippen LogP contribution >= 0.6 is 0 Å². The van der Waals surface area contributed by atoms with E-state index in [0.29, 0.717) is 6.61 Å². The first-order valence-electron chi connectivity index (χ1n) is 9.18. The first-order chi connectivity index (χ1) is 13.1. The summed E-state index contributed by atoms with van der Waals surface area (Å²) in [5.74, 6) is 1.73. The molecule has 2 aromatic rings. The summed E-state index contributed by atoms with van der Waals surface area (Å²) in [6.07, 6.45) is -0.264. The van der Waals surface area contributed by atoms with Crippen LogP contribution in [-0.2, 0) is 4.74 Å². The molecule has 0 unspecified atom stereocenters. The zero-order chi connectivity index (χ0) is 19.2. The normalized spacial score (nSPS) is 14.9. The summed E-state index contributed by atoms with van der Waals surface area (Å²) in [7, 11) is 1.36. The molecule has 6 heteroatoms. The zero-order valence-electron chi connectivity index (χ0n) is 16.0. The number of hydrogen-bond donors (Lipinski definition) is 1. The van der Waals surface area contributed by atoms with Crippen LogP contribution < -0.4 is 19.7 Å². The summed E-state index contributed by atoms with van der Waals surface area (Å²) in [6, 6.07) is 15.8. The number of ether oxygens (including phenoxy) is 3. The number of anilines is 1. The molecule has 1 fully saturated rings. The fourth-order valence-corrected chi connectivity index (χ4v) is 2.99. The van der Waals surface area contributed by atoms with Crippen LogP contribution in [0.2, 0.25) is 0 Å². The number of amides is 1. The molecule has 6 nitrogen and oxygen atoms in total. The molecule has 0 radical (unpaired) electrons. The number of benzene rings is 2. The minimum Gasteiger partial charge on any atom is -0.494 e. The van der Waals surface area contributed by atoms with Crippen molar-refractivity contribution < 1.29 is 19.0 Å². The smallest absolute Gasteiger partial charge is 0.407 e. The van der Waals surface area contributed by atoms with E-state index in [1.54, 1.807) is 0 Å². The molecule has 0 aliphatic carbocycles. The van der Waals surface area contributed by atoms with Gasteiger partial charge in [0.05, 0.1) is 32.8 Å². The van der Waals surface area contributed by atoms with Crippen molar-refractivity contribution in [3.05, 3.63) is 54.1 Å². The standard InChI is InChI=1S/C21H26N2O4/c1-4-26-18-11-7-17(8-12-18)23-13-20(14-23)27-19-9-5-16(6-10-19)15(2)22-21(24)25-3/h5-12,15,20H,4,13-14H2,1-3H3,(H,22,24)/t15-/m0/s1. The van der Waals surface area contributed by atoms with E-state index in [9.17, 15) is 4.79 Å². The number of hydrogen-bond acceptors (Lipinski definition) is 5. The van der Waals surface area contributed by atoms with Gasteiger partial charge in [-0.3, -0.25) is 0 Å². The van der Waals surface area contributed by atoms with Crippen LogP contribution in [-0.4, -0.2) is 39.0 Å². The van der Waals surface area contributed by atoms with Gasteiger partial charge < -0.3 is 24.4 Å². The van der Waals surface area contributed by atoms with Crippen molar-refractivity contribution in [3.8, 4) is 11.5 Å². The molecular weight excluding hydrogens is 344 g/mol. The average Bonchev–Trinajstić information content (AvgIpc) is 2.66. The third kappa shape index (κ3) is 4.84. The van der Waals surface area contributed by atoms with E-state index < -0.39 is 6.09 Å². The average molecular weight is 370 g/mol. The Kier molecular flexibility index (Phi) is 6.06. The quantitative estimate of drug-likeness (QED) is 0.804. The van der Waals surface area contributed by atoms with E-state index in [1.165, 1.54) is 12.8 Å². The summed E-state index contributed by atoms with van der Waals surface area (Å²) in [4.78, 5) is 13.6. The van der Waals surface area contributed by atoms with Gasteiger partial charge in [0.25, 0.3) is 0 Å². The van der Waals surface area contributed by atoms with Gasteiger partial charge >= 0.3 is 6.09 Å². The van der Waals surface area contributed by atoms with Gasteiger partial charge in [0.1, 0.15) is 17.6 Å². The highest BCUT2D eigenvalue weighted by atomic mass is 16.5. The number of methoxy groups -OCH3 is 1.